The van der Waals surface area contributed by atoms with Gasteiger partial charge in [0.15, 0.2) is 5.79 Å². The molecule has 1 saturated carbocycles. The van der Waals surface area contributed by atoms with Gasteiger partial charge in [0.2, 0.25) is 0 Å². The SMILES string of the molecule is OC1=CCC2CC1CCC21OCCO1. The average Bonchev–Trinajstić information content (AvgIpc) is 2.66. The minimum absolute atomic E-state index is 0.298. The van der Waals surface area contributed by atoms with E-state index in [-0.39, 0.29) is 5.79 Å². The molecule has 1 spiro atoms. The molecule has 0 aromatic rings. The summed E-state index contributed by atoms with van der Waals surface area (Å²) in [5.41, 5.74) is 0. The molecule has 0 radical (unpaired) electrons. The quantitative estimate of drug-likeness (QED) is 0.644. The number of hydrogen-bond donors (Lipinski definition) is 1. The molecule has 2 unspecified atom stereocenters. The van der Waals surface area contributed by atoms with Crippen molar-refractivity contribution >= 4 is 0 Å². The molecule has 3 rings (SSSR count). The second-order valence-electron chi connectivity index (χ2n) is 4.54. The van der Waals surface area contributed by atoms with E-state index in [0.29, 0.717) is 17.6 Å². The molecule has 2 aliphatic carbocycles. The fraction of sp³-hybridized carbons (Fsp3) is 0.818. The Morgan fingerprint density at radius 2 is 2.14 bits per heavy atom. The smallest absolute Gasteiger partial charge is 0.171 e. The highest BCUT2D eigenvalue weighted by atomic mass is 16.7. The van der Waals surface area contributed by atoms with E-state index >= 15 is 0 Å². The third-order valence-electron chi connectivity index (χ3n) is 3.84. The Morgan fingerprint density at radius 3 is 2.93 bits per heavy atom. The Bertz CT molecular complexity index is 266. The largest absolute Gasteiger partial charge is 0.512 e. The summed E-state index contributed by atoms with van der Waals surface area (Å²) >= 11 is 0. The highest BCUT2D eigenvalue weighted by Gasteiger charge is 2.49. The maximum Gasteiger partial charge on any atom is 0.171 e. The van der Waals surface area contributed by atoms with Crippen molar-refractivity contribution in [1.29, 1.82) is 0 Å². The molecule has 2 atom stereocenters. The highest BCUT2D eigenvalue weighted by Crippen LogP contribution is 2.48. The van der Waals surface area contributed by atoms with Gasteiger partial charge in [-0.2, -0.15) is 0 Å². The molecule has 0 aromatic heterocycles. The predicted octanol–water partition coefficient (Wildman–Crippen LogP) is 1.99. The van der Waals surface area contributed by atoms with Crippen molar-refractivity contribution in [2.75, 3.05) is 13.2 Å². The van der Waals surface area contributed by atoms with Gasteiger partial charge >= 0.3 is 0 Å². The van der Waals surface area contributed by atoms with E-state index in [1.54, 1.807) is 0 Å². The molecule has 1 saturated heterocycles. The molecular formula is C11H16O3. The van der Waals surface area contributed by atoms with Gasteiger partial charge in [0.1, 0.15) is 0 Å². The lowest BCUT2D eigenvalue weighted by atomic mass is 9.71. The fourth-order valence-electron chi connectivity index (χ4n) is 3.05. The second-order valence-corrected chi connectivity index (χ2v) is 4.54. The predicted molar refractivity (Wildman–Crippen MR) is 50.8 cm³/mol. The Labute approximate surface area is 83.7 Å². The van der Waals surface area contributed by atoms with E-state index in [1.807, 2.05) is 6.08 Å². The van der Waals surface area contributed by atoms with Crippen LogP contribution in [0.5, 0.6) is 0 Å². The first-order valence-electron chi connectivity index (χ1n) is 5.47. The molecule has 1 aliphatic heterocycles. The molecule has 0 amide bonds. The molecular weight excluding hydrogens is 180 g/mol. The van der Waals surface area contributed by atoms with Gasteiger partial charge in [-0.25, -0.2) is 0 Å². The maximum absolute atomic E-state index is 9.63. The lowest BCUT2D eigenvalue weighted by molar-refractivity contribution is -0.219. The summed E-state index contributed by atoms with van der Waals surface area (Å²) < 4.78 is 11.5. The summed E-state index contributed by atoms with van der Waals surface area (Å²) in [6.07, 6.45) is 5.83. The Kier molecular flexibility index (Phi) is 1.86. The van der Waals surface area contributed by atoms with Crippen LogP contribution in [0, 0.1) is 11.8 Å². The minimum atomic E-state index is -0.298. The van der Waals surface area contributed by atoms with Crippen molar-refractivity contribution in [1.82, 2.24) is 0 Å². The van der Waals surface area contributed by atoms with Crippen molar-refractivity contribution < 1.29 is 14.6 Å². The topological polar surface area (TPSA) is 38.7 Å². The molecule has 3 aliphatic rings. The van der Waals surface area contributed by atoms with Crippen LogP contribution < -0.4 is 0 Å². The first-order chi connectivity index (χ1) is 6.80. The molecule has 14 heavy (non-hydrogen) atoms. The van der Waals surface area contributed by atoms with Crippen LogP contribution in [-0.2, 0) is 9.47 Å². The van der Waals surface area contributed by atoms with Crippen LogP contribution in [-0.4, -0.2) is 24.1 Å². The van der Waals surface area contributed by atoms with Crippen LogP contribution >= 0.6 is 0 Å². The molecule has 3 nitrogen and oxygen atoms in total. The normalized spacial score (nSPS) is 39.9. The van der Waals surface area contributed by atoms with E-state index < -0.39 is 0 Å². The minimum Gasteiger partial charge on any atom is -0.512 e. The van der Waals surface area contributed by atoms with Gasteiger partial charge in [-0.1, -0.05) is 0 Å². The van der Waals surface area contributed by atoms with E-state index in [0.717, 1.165) is 38.9 Å². The summed E-state index contributed by atoms with van der Waals surface area (Å²) in [6, 6.07) is 0. The van der Waals surface area contributed by atoms with Crippen molar-refractivity contribution in [3.8, 4) is 0 Å². The van der Waals surface area contributed by atoms with E-state index in [9.17, 15) is 5.11 Å². The average molecular weight is 196 g/mol. The van der Waals surface area contributed by atoms with Gasteiger partial charge in [-0.05, 0) is 25.3 Å². The first-order valence-corrected chi connectivity index (χ1v) is 5.47. The van der Waals surface area contributed by atoms with Gasteiger partial charge < -0.3 is 14.6 Å². The van der Waals surface area contributed by atoms with Gasteiger partial charge in [-0.15, -0.1) is 0 Å². The van der Waals surface area contributed by atoms with Crippen molar-refractivity contribution in [2.45, 2.75) is 31.5 Å². The van der Waals surface area contributed by atoms with Crippen LogP contribution in [0.25, 0.3) is 0 Å². The van der Waals surface area contributed by atoms with Gasteiger partial charge in [0.05, 0.1) is 19.0 Å². The van der Waals surface area contributed by atoms with Crippen LogP contribution in [0.4, 0.5) is 0 Å². The summed E-state index contributed by atoms with van der Waals surface area (Å²) in [5.74, 6) is 1.12. The Balaban J connectivity index is 1.86. The molecule has 1 heterocycles. The van der Waals surface area contributed by atoms with E-state index in [1.165, 1.54) is 0 Å². The summed E-state index contributed by atoms with van der Waals surface area (Å²) in [4.78, 5) is 0. The fourth-order valence-corrected chi connectivity index (χ4v) is 3.05. The second kappa shape index (κ2) is 2.97. The van der Waals surface area contributed by atoms with Crippen LogP contribution in [0.1, 0.15) is 25.7 Å². The third-order valence-corrected chi connectivity index (χ3v) is 3.84. The molecule has 3 heteroatoms. The zero-order chi connectivity index (χ0) is 9.60. The number of aliphatic hydroxyl groups excluding tert-OH is 1. The van der Waals surface area contributed by atoms with Gasteiger partial charge in [-0.3, -0.25) is 0 Å². The zero-order valence-electron chi connectivity index (χ0n) is 8.24. The molecule has 78 valence electrons. The van der Waals surface area contributed by atoms with Crippen LogP contribution in [0.15, 0.2) is 11.8 Å². The summed E-state index contributed by atoms with van der Waals surface area (Å²) in [6.45, 7) is 1.47. The molecule has 1 N–H and O–H groups in total. The lowest BCUT2D eigenvalue weighted by Gasteiger charge is -2.44. The van der Waals surface area contributed by atoms with Gasteiger partial charge in [0.25, 0.3) is 0 Å². The summed E-state index contributed by atoms with van der Waals surface area (Å²) in [7, 11) is 0. The maximum atomic E-state index is 9.63. The highest BCUT2D eigenvalue weighted by molar-refractivity contribution is 5.09. The number of rotatable bonds is 0. The third kappa shape index (κ3) is 1.12. The zero-order valence-corrected chi connectivity index (χ0v) is 8.24. The van der Waals surface area contributed by atoms with E-state index in [2.05, 4.69) is 0 Å². The number of fused-ring (bicyclic) bond motifs is 3. The molecule has 0 aromatic carbocycles. The van der Waals surface area contributed by atoms with Crippen molar-refractivity contribution in [3.63, 3.8) is 0 Å². The molecule has 2 fully saturated rings. The number of hydrogen-bond acceptors (Lipinski definition) is 3. The summed E-state index contributed by atoms with van der Waals surface area (Å²) in [5, 5.41) is 9.63. The number of ether oxygens (including phenoxy) is 2. The van der Waals surface area contributed by atoms with Crippen molar-refractivity contribution in [2.24, 2.45) is 11.8 Å². The van der Waals surface area contributed by atoms with Crippen LogP contribution in [0.3, 0.4) is 0 Å². The standard InChI is InChI=1S/C11H16O3/c12-10-2-1-9-7-8(10)3-4-11(9)13-5-6-14-11/h2,8-9,12H,1,3-7H2. The number of aliphatic hydroxyl groups is 1. The Morgan fingerprint density at radius 1 is 1.36 bits per heavy atom. The lowest BCUT2D eigenvalue weighted by Crippen LogP contribution is -2.45. The van der Waals surface area contributed by atoms with Crippen molar-refractivity contribution in [3.05, 3.63) is 11.8 Å². The van der Waals surface area contributed by atoms with E-state index in [4.69, 9.17) is 9.47 Å². The number of allylic oxidation sites excluding steroid dienone is 2. The molecule has 2 bridgehead atoms. The van der Waals surface area contributed by atoms with Crippen LogP contribution in [0.2, 0.25) is 0 Å². The Hall–Kier alpha value is -0.540. The monoisotopic (exact) mass is 196 g/mol. The van der Waals surface area contributed by atoms with Gasteiger partial charge in [0, 0.05) is 18.3 Å². The first kappa shape index (κ1) is 8.74.